The monoisotopic (exact) mass is 538 g/mol. The number of nitrogens with zero attached hydrogens (tertiary/aromatic N) is 2. The topological polar surface area (TPSA) is 140 Å². The summed E-state index contributed by atoms with van der Waals surface area (Å²) in [4.78, 5) is 28.7. The number of rotatable bonds is 8. The number of nitrogens with two attached hydrogens (primary N) is 1. The molecule has 0 saturated heterocycles. The third kappa shape index (κ3) is 7.34. The summed E-state index contributed by atoms with van der Waals surface area (Å²) in [5, 5.41) is 7.09. The fourth-order valence-corrected chi connectivity index (χ4v) is 3.65. The lowest BCUT2D eigenvalue weighted by Gasteiger charge is -2.24. The number of hydrogen-bond acceptors (Lipinski definition) is 9. The number of ether oxygens (including phenoxy) is 3. The van der Waals surface area contributed by atoms with E-state index in [2.05, 4.69) is 21.1 Å². The molecule has 3 rings (SSSR count). The van der Waals surface area contributed by atoms with Gasteiger partial charge in [-0.25, -0.2) is 19.4 Å². The normalized spacial score (nSPS) is 18.9. The minimum atomic E-state index is -0.765. The second-order valence-corrected chi connectivity index (χ2v) is 9.63. The lowest BCUT2D eigenvalue weighted by molar-refractivity contribution is -0.138. The van der Waals surface area contributed by atoms with Crippen molar-refractivity contribution in [3.05, 3.63) is 52.2 Å². The van der Waals surface area contributed by atoms with Crippen LogP contribution in [0.5, 0.6) is 5.75 Å². The maximum Gasteiger partial charge on any atom is 0.407 e. The summed E-state index contributed by atoms with van der Waals surface area (Å²) in [6, 6.07) is 2.65. The van der Waals surface area contributed by atoms with Crippen LogP contribution < -0.4 is 26.5 Å². The first-order valence-corrected chi connectivity index (χ1v) is 12.1. The number of amides is 1. The molecule has 2 unspecified atom stereocenters. The quantitative estimate of drug-likeness (QED) is 0.368. The lowest BCUT2D eigenvalue weighted by atomic mass is 10.2. The molecule has 1 aromatic rings. The van der Waals surface area contributed by atoms with Gasteiger partial charge in [0.1, 0.15) is 46.7 Å². The standard InChI is InChI=1S/C24H32ClFN6O5/c1-6-35-22(33)18-20(27)31-32-10-9-17(30-21(18)32)28-12-14-16(8-7-15(26)19(14)25)36-13(2)11-29-23(34)37-24(3,4)5/h7-10,13,20,31H,6,11-12,27H2,1-5H3,(H,28,30)(H,29,34). The van der Waals surface area contributed by atoms with Crippen molar-refractivity contribution in [1.82, 2.24) is 21.1 Å². The first-order chi connectivity index (χ1) is 17.4. The number of hydrogen-bond donors (Lipinski definition) is 4. The van der Waals surface area contributed by atoms with Crippen molar-refractivity contribution in [1.29, 1.82) is 0 Å². The summed E-state index contributed by atoms with van der Waals surface area (Å²) in [5.41, 5.74) is 8.85. The van der Waals surface area contributed by atoms with E-state index >= 15 is 0 Å². The number of amidine groups is 1. The molecule has 13 heteroatoms. The number of fused-ring (bicyclic) bond motifs is 1. The number of esters is 1. The Morgan fingerprint density at radius 3 is 2.76 bits per heavy atom. The van der Waals surface area contributed by atoms with Crippen LogP contribution in [0, 0.1) is 5.82 Å². The number of benzene rings is 1. The SMILES string of the molecule is CCOC(=O)C1=C2NC(=NCc3c(OC(C)CNC(=O)OC(C)(C)C)ccc(F)c3Cl)C=CN2NC1N. The van der Waals surface area contributed by atoms with E-state index in [1.165, 1.54) is 12.1 Å². The molecule has 5 N–H and O–H groups in total. The largest absolute Gasteiger partial charge is 0.488 e. The van der Waals surface area contributed by atoms with Crippen molar-refractivity contribution >= 4 is 29.5 Å². The van der Waals surface area contributed by atoms with Gasteiger partial charge in [-0.15, -0.1) is 0 Å². The highest BCUT2D eigenvalue weighted by Crippen LogP contribution is 2.31. The van der Waals surface area contributed by atoms with Crippen LogP contribution in [0.15, 0.2) is 40.8 Å². The number of aliphatic imine (C=N–C) groups is 1. The average molecular weight is 539 g/mol. The fourth-order valence-electron chi connectivity index (χ4n) is 3.43. The predicted octanol–water partition coefficient (Wildman–Crippen LogP) is 2.67. The molecule has 0 spiro atoms. The summed E-state index contributed by atoms with van der Waals surface area (Å²) in [7, 11) is 0. The van der Waals surface area contributed by atoms with Crippen molar-refractivity contribution in [2.24, 2.45) is 10.7 Å². The molecule has 1 amide bonds. The Morgan fingerprint density at radius 1 is 1.35 bits per heavy atom. The predicted molar refractivity (Wildman–Crippen MR) is 136 cm³/mol. The van der Waals surface area contributed by atoms with Gasteiger partial charge in [-0.2, -0.15) is 0 Å². The number of hydrazine groups is 1. The molecule has 0 saturated carbocycles. The summed E-state index contributed by atoms with van der Waals surface area (Å²) in [6.07, 6.45) is 1.47. The highest BCUT2D eigenvalue weighted by atomic mass is 35.5. The molecule has 11 nitrogen and oxygen atoms in total. The van der Waals surface area contributed by atoms with E-state index < -0.39 is 35.8 Å². The minimum Gasteiger partial charge on any atom is -0.488 e. The molecule has 2 aliphatic heterocycles. The molecule has 0 aliphatic carbocycles. The number of alkyl carbamates (subject to hydrolysis) is 1. The molecule has 2 atom stereocenters. The lowest BCUT2D eigenvalue weighted by Crippen LogP contribution is -2.43. The summed E-state index contributed by atoms with van der Waals surface area (Å²) in [6.45, 7) is 9.05. The number of nitrogens with one attached hydrogen (secondary N) is 3. The van der Waals surface area contributed by atoms with E-state index in [-0.39, 0.29) is 30.3 Å². The van der Waals surface area contributed by atoms with Crippen LogP contribution in [0.1, 0.15) is 40.2 Å². The Bertz CT molecular complexity index is 1130. The van der Waals surface area contributed by atoms with Gasteiger partial charge in [0.25, 0.3) is 0 Å². The van der Waals surface area contributed by atoms with Crippen LogP contribution in [0.4, 0.5) is 9.18 Å². The number of carbonyl (C=O) groups is 2. The van der Waals surface area contributed by atoms with Crippen LogP contribution in [-0.4, -0.2) is 53.9 Å². The fraction of sp³-hybridized carbons (Fsp3) is 0.458. The number of carbonyl (C=O) groups excluding carboxylic acids is 2. The molecule has 0 fully saturated rings. The maximum atomic E-state index is 14.3. The second kappa shape index (κ2) is 11.8. The Morgan fingerprint density at radius 2 is 2.08 bits per heavy atom. The highest BCUT2D eigenvalue weighted by molar-refractivity contribution is 6.31. The van der Waals surface area contributed by atoms with Gasteiger partial charge in [0.05, 0.1) is 24.7 Å². The van der Waals surface area contributed by atoms with Crippen LogP contribution >= 0.6 is 11.6 Å². The third-order valence-electron chi connectivity index (χ3n) is 5.03. The van der Waals surface area contributed by atoms with Crippen molar-refractivity contribution in [2.75, 3.05) is 13.2 Å². The van der Waals surface area contributed by atoms with E-state index in [1.807, 2.05) is 0 Å². The van der Waals surface area contributed by atoms with E-state index in [0.29, 0.717) is 23.0 Å². The van der Waals surface area contributed by atoms with Gasteiger partial charge in [-0.1, -0.05) is 11.6 Å². The molecule has 37 heavy (non-hydrogen) atoms. The summed E-state index contributed by atoms with van der Waals surface area (Å²) in [5.74, 6) is -0.0994. The molecule has 0 aromatic heterocycles. The Labute approximate surface area is 219 Å². The van der Waals surface area contributed by atoms with Gasteiger partial charge in [0.2, 0.25) is 0 Å². The average Bonchev–Trinajstić information content (AvgIpc) is 3.14. The summed E-state index contributed by atoms with van der Waals surface area (Å²) < 4.78 is 30.5. The molecule has 202 valence electrons. The van der Waals surface area contributed by atoms with Gasteiger partial charge in [0, 0.05) is 11.8 Å². The molecule has 2 heterocycles. The molecule has 2 aliphatic rings. The Balaban J connectivity index is 1.74. The van der Waals surface area contributed by atoms with Crippen LogP contribution in [0.25, 0.3) is 0 Å². The van der Waals surface area contributed by atoms with Crippen LogP contribution in [-0.2, 0) is 20.8 Å². The van der Waals surface area contributed by atoms with E-state index in [9.17, 15) is 14.0 Å². The smallest absolute Gasteiger partial charge is 0.407 e. The number of halogens is 2. The minimum absolute atomic E-state index is 0.0354. The molecular weight excluding hydrogens is 507 g/mol. The van der Waals surface area contributed by atoms with Crippen molar-refractivity contribution in [3.63, 3.8) is 0 Å². The van der Waals surface area contributed by atoms with E-state index in [4.69, 9.17) is 31.5 Å². The Kier molecular flexibility index (Phi) is 9.00. The van der Waals surface area contributed by atoms with Gasteiger partial charge in [0.15, 0.2) is 0 Å². The van der Waals surface area contributed by atoms with Gasteiger partial charge in [-0.3, -0.25) is 10.0 Å². The molecule has 0 radical (unpaired) electrons. The van der Waals surface area contributed by atoms with Crippen molar-refractivity contribution < 1.29 is 28.2 Å². The van der Waals surface area contributed by atoms with Crippen LogP contribution in [0.3, 0.4) is 0 Å². The summed E-state index contributed by atoms with van der Waals surface area (Å²) >= 11 is 6.25. The van der Waals surface area contributed by atoms with Crippen molar-refractivity contribution in [2.45, 2.75) is 59.0 Å². The Hall–Kier alpha value is -3.35. The maximum absolute atomic E-state index is 14.3. The second-order valence-electron chi connectivity index (χ2n) is 9.25. The molecule has 0 bridgehead atoms. The molecular formula is C24H32ClFN6O5. The third-order valence-corrected chi connectivity index (χ3v) is 5.44. The highest BCUT2D eigenvalue weighted by Gasteiger charge is 2.35. The molecule has 1 aromatic carbocycles. The van der Waals surface area contributed by atoms with Gasteiger partial charge in [-0.05, 0) is 52.8 Å². The first kappa shape index (κ1) is 28.2. The zero-order chi connectivity index (χ0) is 27.3. The zero-order valence-electron chi connectivity index (χ0n) is 21.4. The van der Waals surface area contributed by atoms with E-state index in [1.54, 1.807) is 51.9 Å². The zero-order valence-corrected chi connectivity index (χ0v) is 22.1. The van der Waals surface area contributed by atoms with Crippen LogP contribution in [0.2, 0.25) is 5.02 Å². The van der Waals surface area contributed by atoms with Crippen molar-refractivity contribution in [3.8, 4) is 5.75 Å². The van der Waals surface area contributed by atoms with Gasteiger partial charge >= 0.3 is 12.1 Å². The van der Waals surface area contributed by atoms with Gasteiger partial charge < -0.3 is 30.6 Å². The first-order valence-electron chi connectivity index (χ1n) is 11.7. The van der Waals surface area contributed by atoms with E-state index in [0.717, 1.165) is 0 Å².